The third kappa shape index (κ3) is 6.30. The van der Waals surface area contributed by atoms with E-state index in [-0.39, 0.29) is 11.0 Å². The van der Waals surface area contributed by atoms with Crippen LogP contribution in [0.3, 0.4) is 0 Å². The zero-order valence-corrected chi connectivity index (χ0v) is 16.8. The second-order valence-corrected chi connectivity index (χ2v) is 6.99. The summed E-state index contributed by atoms with van der Waals surface area (Å²) in [7, 11) is 0. The standard InChI is InChI=1S/C18H18BrClN2O2S/c1-2-3-9-24-14-6-4-5-12(10-14)17(23)22-18(25)21-16-8-7-13(19)11-15(16)20/h4-8,10-11H,2-3,9H2,1H3,(H2,21,22,23,25). The Labute approximate surface area is 166 Å². The van der Waals surface area contributed by atoms with Gasteiger partial charge < -0.3 is 10.1 Å². The normalized spacial score (nSPS) is 10.2. The van der Waals surface area contributed by atoms with E-state index in [2.05, 4.69) is 33.5 Å². The summed E-state index contributed by atoms with van der Waals surface area (Å²) in [6.07, 6.45) is 2.02. The van der Waals surface area contributed by atoms with Gasteiger partial charge in [0.05, 0.1) is 17.3 Å². The fraction of sp³-hybridized carbons (Fsp3) is 0.222. The molecule has 25 heavy (non-hydrogen) atoms. The van der Waals surface area contributed by atoms with Gasteiger partial charge in [0.15, 0.2) is 5.11 Å². The third-order valence-corrected chi connectivity index (χ3v) is 4.28. The van der Waals surface area contributed by atoms with Crippen molar-refractivity contribution in [3.05, 3.63) is 57.5 Å². The molecule has 0 aromatic heterocycles. The van der Waals surface area contributed by atoms with Crippen LogP contribution in [0, 0.1) is 0 Å². The molecule has 0 radical (unpaired) electrons. The first-order chi connectivity index (χ1) is 12.0. The molecule has 0 saturated carbocycles. The predicted molar refractivity (Wildman–Crippen MR) is 110 cm³/mol. The smallest absolute Gasteiger partial charge is 0.257 e. The van der Waals surface area contributed by atoms with Crippen molar-refractivity contribution in [1.82, 2.24) is 5.32 Å². The molecule has 1 amide bonds. The molecule has 0 unspecified atom stereocenters. The molecule has 0 heterocycles. The SMILES string of the molecule is CCCCOc1cccc(C(=O)NC(=S)Nc2ccc(Br)cc2Cl)c1. The highest BCUT2D eigenvalue weighted by atomic mass is 79.9. The molecule has 2 aromatic carbocycles. The van der Waals surface area contributed by atoms with Crippen LogP contribution in [0.2, 0.25) is 5.02 Å². The van der Waals surface area contributed by atoms with Crippen molar-refractivity contribution in [2.45, 2.75) is 19.8 Å². The van der Waals surface area contributed by atoms with E-state index in [9.17, 15) is 4.79 Å². The van der Waals surface area contributed by atoms with Crippen molar-refractivity contribution in [3.8, 4) is 5.75 Å². The summed E-state index contributed by atoms with van der Waals surface area (Å²) in [5, 5.41) is 6.22. The van der Waals surface area contributed by atoms with Gasteiger partial charge in [0.2, 0.25) is 0 Å². The van der Waals surface area contributed by atoms with Gasteiger partial charge in [-0.3, -0.25) is 10.1 Å². The number of hydrogen-bond acceptors (Lipinski definition) is 3. The number of anilines is 1. The van der Waals surface area contributed by atoms with Gasteiger partial charge >= 0.3 is 0 Å². The van der Waals surface area contributed by atoms with Crippen molar-refractivity contribution >= 4 is 56.5 Å². The lowest BCUT2D eigenvalue weighted by Crippen LogP contribution is -2.34. The maximum absolute atomic E-state index is 12.3. The van der Waals surface area contributed by atoms with E-state index in [1.54, 1.807) is 30.3 Å². The van der Waals surface area contributed by atoms with Crippen molar-refractivity contribution in [3.63, 3.8) is 0 Å². The summed E-state index contributed by atoms with van der Waals surface area (Å²) in [5.74, 6) is 0.350. The average molecular weight is 442 g/mol. The summed E-state index contributed by atoms with van der Waals surface area (Å²) in [6.45, 7) is 2.72. The van der Waals surface area contributed by atoms with Gasteiger partial charge in [0, 0.05) is 10.0 Å². The molecule has 0 spiro atoms. The minimum atomic E-state index is -0.313. The lowest BCUT2D eigenvalue weighted by atomic mass is 10.2. The molecule has 0 aliphatic carbocycles. The van der Waals surface area contributed by atoms with Gasteiger partial charge in [-0.25, -0.2) is 0 Å². The zero-order valence-electron chi connectivity index (χ0n) is 13.6. The van der Waals surface area contributed by atoms with Gasteiger partial charge in [-0.15, -0.1) is 0 Å². The minimum absolute atomic E-state index is 0.173. The van der Waals surface area contributed by atoms with Gasteiger partial charge in [0.25, 0.3) is 5.91 Å². The average Bonchev–Trinajstić information content (AvgIpc) is 2.58. The van der Waals surface area contributed by atoms with Gasteiger partial charge in [0.1, 0.15) is 5.75 Å². The quantitative estimate of drug-likeness (QED) is 0.465. The molecule has 4 nitrogen and oxygen atoms in total. The van der Waals surface area contributed by atoms with E-state index in [0.29, 0.717) is 28.6 Å². The fourth-order valence-electron chi connectivity index (χ4n) is 1.98. The Morgan fingerprint density at radius 2 is 2.08 bits per heavy atom. The number of amides is 1. The molecule has 2 N–H and O–H groups in total. The van der Waals surface area contributed by atoms with Crippen LogP contribution in [-0.2, 0) is 0 Å². The number of carbonyl (C=O) groups excluding carboxylic acids is 1. The maximum atomic E-state index is 12.3. The van der Waals surface area contributed by atoms with Crippen LogP contribution in [0.1, 0.15) is 30.1 Å². The molecule has 0 saturated heterocycles. The lowest BCUT2D eigenvalue weighted by Gasteiger charge is -2.12. The zero-order chi connectivity index (χ0) is 18.2. The second kappa shape index (κ2) is 9.75. The Kier molecular flexibility index (Phi) is 7.68. The van der Waals surface area contributed by atoms with Crippen LogP contribution >= 0.6 is 39.7 Å². The number of carbonyl (C=O) groups is 1. The van der Waals surface area contributed by atoms with Crippen LogP contribution in [0.15, 0.2) is 46.9 Å². The first kappa shape index (κ1) is 19.7. The summed E-state index contributed by atoms with van der Waals surface area (Å²) in [6, 6.07) is 12.3. The minimum Gasteiger partial charge on any atom is -0.494 e. The summed E-state index contributed by atoms with van der Waals surface area (Å²) in [4.78, 5) is 12.3. The number of rotatable bonds is 6. The molecule has 2 rings (SSSR count). The van der Waals surface area contributed by atoms with Gasteiger partial charge in [-0.05, 0) is 55.0 Å². The molecule has 2 aromatic rings. The molecule has 0 aliphatic rings. The van der Waals surface area contributed by atoms with Gasteiger partial charge in [-0.2, -0.15) is 0 Å². The van der Waals surface area contributed by atoms with Crippen LogP contribution in [0.4, 0.5) is 5.69 Å². The van der Waals surface area contributed by atoms with Crippen molar-refractivity contribution in [2.24, 2.45) is 0 Å². The number of benzene rings is 2. The molecule has 0 atom stereocenters. The first-order valence-electron chi connectivity index (χ1n) is 7.80. The molecule has 132 valence electrons. The largest absolute Gasteiger partial charge is 0.494 e. The monoisotopic (exact) mass is 440 g/mol. The third-order valence-electron chi connectivity index (χ3n) is 3.27. The van der Waals surface area contributed by atoms with E-state index in [1.165, 1.54) is 0 Å². The number of ether oxygens (including phenoxy) is 1. The Morgan fingerprint density at radius 3 is 2.80 bits per heavy atom. The van der Waals surface area contributed by atoms with E-state index in [4.69, 9.17) is 28.6 Å². The Balaban J connectivity index is 1.96. The predicted octanol–water partition coefficient (Wildman–Crippen LogP) is 5.41. The van der Waals surface area contributed by atoms with Crippen molar-refractivity contribution in [1.29, 1.82) is 0 Å². The summed E-state index contributed by atoms with van der Waals surface area (Å²) >= 11 is 14.6. The second-order valence-electron chi connectivity index (χ2n) is 5.26. The van der Waals surface area contributed by atoms with E-state index in [1.807, 2.05) is 12.1 Å². The molecule has 0 bridgehead atoms. The highest BCUT2D eigenvalue weighted by Gasteiger charge is 2.10. The maximum Gasteiger partial charge on any atom is 0.257 e. The van der Waals surface area contributed by atoms with E-state index < -0.39 is 0 Å². The summed E-state index contributed by atoms with van der Waals surface area (Å²) < 4.78 is 6.47. The van der Waals surface area contributed by atoms with E-state index >= 15 is 0 Å². The number of thiocarbonyl (C=S) groups is 1. The van der Waals surface area contributed by atoms with E-state index in [0.717, 1.165) is 17.3 Å². The molecular weight excluding hydrogens is 424 g/mol. The van der Waals surface area contributed by atoms with Crippen LogP contribution < -0.4 is 15.4 Å². The lowest BCUT2D eigenvalue weighted by molar-refractivity contribution is 0.0977. The van der Waals surface area contributed by atoms with Crippen molar-refractivity contribution < 1.29 is 9.53 Å². The first-order valence-corrected chi connectivity index (χ1v) is 9.37. The van der Waals surface area contributed by atoms with Crippen LogP contribution in [0.5, 0.6) is 5.75 Å². The fourth-order valence-corrected chi connectivity index (χ4v) is 2.90. The highest BCUT2D eigenvalue weighted by Crippen LogP contribution is 2.25. The highest BCUT2D eigenvalue weighted by molar-refractivity contribution is 9.10. The molecule has 0 fully saturated rings. The topological polar surface area (TPSA) is 50.4 Å². The Hall–Kier alpha value is -1.63. The van der Waals surface area contributed by atoms with Crippen molar-refractivity contribution in [2.75, 3.05) is 11.9 Å². The number of unbranched alkanes of at least 4 members (excludes halogenated alkanes) is 1. The number of halogens is 2. The molecular formula is C18H18BrClN2O2S. The molecule has 7 heteroatoms. The number of nitrogens with one attached hydrogen (secondary N) is 2. The van der Waals surface area contributed by atoms with Crippen LogP contribution in [-0.4, -0.2) is 17.6 Å². The summed E-state index contributed by atoms with van der Waals surface area (Å²) in [5.41, 5.74) is 1.09. The Morgan fingerprint density at radius 1 is 1.28 bits per heavy atom. The van der Waals surface area contributed by atoms with Gasteiger partial charge in [-0.1, -0.05) is 46.9 Å². The Bertz CT molecular complexity index is 770. The number of hydrogen-bond donors (Lipinski definition) is 2. The van der Waals surface area contributed by atoms with Crippen LogP contribution in [0.25, 0.3) is 0 Å². The molecule has 0 aliphatic heterocycles.